The molecule has 1 aliphatic carbocycles. The Morgan fingerprint density at radius 1 is 1.09 bits per heavy atom. The summed E-state index contributed by atoms with van der Waals surface area (Å²) in [4.78, 5) is 10.1. The number of hydrogen-bond donors (Lipinski definition) is 0. The molecular weight excluding hydrogens is 270 g/mol. The summed E-state index contributed by atoms with van der Waals surface area (Å²) in [6, 6.07) is 6.73. The normalized spacial score (nSPS) is 18.9. The molecule has 0 spiro atoms. The van der Waals surface area contributed by atoms with Crippen LogP contribution in [0.15, 0.2) is 18.2 Å². The van der Waals surface area contributed by atoms with Crippen molar-refractivity contribution < 1.29 is 0 Å². The van der Waals surface area contributed by atoms with E-state index in [1.54, 1.807) is 0 Å². The first-order chi connectivity index (χ1) is 10.8. The number of fused-ring (bicyclic) bond motifs is 2. The molecule has 4 rings (SSSR count). The number of aromatic nitrogens is 1. The van der Waals surface area contributed by atoms with Crippen LogP contribution >= 0.6 is 0 Å². The van der Waals surface area contributed by atoms with Crippen molar-refractivity contribution in [3.63, 3.8) is 0 Å². The van der Waals surface area contributed by atoms with Crippen molar-refractivity contribution in [2.75, 3.05) is 37.6 Å². The van der Waals surface area contributed by atoms with Crippen molar-refractivity contribution in [1.82, 2.24) is 9.88 Å². The zero-order valence-electron chi connectivity index (χ0n) is 13.7. The number of rotatable bonds is 2. The quantitative estimate of drug-likeness (QED) is 0.848. The molecule has 0 radical (unpaired) electrons. The number of benzene rings is 1. The molecule has 1 aromatic carbocycles. The number of aryl methyl sites for hydroxylation is 2. The molecule has 2 heterocycles. The Labute approximate surface area is 132 Å². The summed E-state index contributed by atoms with van der Waals surface area (Å²) in [5, 5.41) is 1.37. The van der Waals surface area contributed by atoms with Crippen LogP contribution in [-0.4, -0.2) is 42.6 Å². The van der Waals surface area contributed by atoms with Crippen LogP contribution in [-0.2, 0) is 12.8 Å². The first-order valence-corrected chi connectivity index (χ1v) is 8.65. The topological polar surface area (TPSA) is 19.4 Å². The maximum absolute atomic E-state index is 4.95. The van der Waals surface area contributed by atoms with Crippen LogP contribution in [0, 0.1) is 6.92 Å². The molecule has 2 aliphatic rings. The van der Waals surface area contributed by atoms with Gasteiger partial charge in [0, 0.05) is 37.3 Å². The second-order valence-electron chi connectivity index (χ2n) is 6.68. The van der Waals surface area contributed by atoms with Crippen LogP contribution in [0.1, 0.15) is 30.2 Å². The highest BCUT2D eigenvalue weighted by molar-refractivity contribution is 5.94. The number of piperazine rings is 1. The third-order valence-electron chi connectivity index (χ3n) is 5.27. The van der Waals surface area contributed by atoms with Gasteiger partial charge < -0.3 is 9.80 Å². The summed E-state index contributed by atoms with van der Waals surface area (Å²) >= 11 is 0. The van der Waals surface area contributed by atoms with Crippen LogP contribution in [0.5, 0.6) is 0 Å². The minimum Gasteiger partial charge on any atom is -0.368 e. The summed E-state index contributed by atoms with van der Waals surface area (Å²) in [7, 11) is 0. The van der Waals surface area contributed by atoms with Crippen molar-refractivity contribution in [2.24, 2.45) is 0 Å². The molecule has 1 fully saturated rings. The zero-order valence-corrected chi connectivity index (χ0v) is 13.7. The highest BCUT2D eigenvalue weighted by Gasteiger charge is 2.25. The molecule has 116 valence electrons. The summed E-state index contributed by atoms with van der Waals surface area (Å²) in [5.41, 5.74) is 6.89. The van der Waals surface area contributed by atoms with E-state index in [4.69, 9.17) is 4.98 Å². The van der Waals surface area contributed by atoms with E-state index in [-0.39, 0.29) is 0 Å². The Bertz CT molecular complexity index is 699. The van der Waals surface area contributed by atoms with Gasteiger partial charge in [0.05, 0.1) is 11.2 Å². The summed E-state index contributed by atoms with van der Waals surface area (Å²) < 4.78 is 0. The second-order valence-corrected chi connectivity index (χ2v) is 6.68. The predicted molar refractivity (Wildman–Crippen MR) is 92.8 cm³/mol. The lowest BCUT2D eigenvalue weighted by molar-refractivity contribution is 0.271. The van der Waals surface area contributed by atoms with Gasteiger partial charge in [-0.2, -0.15) is 0 Å². The van der Waals surface area contributed by atoms with Gasteiger partial charge in [-0.15, -0.1) is 0 Å². The monoisotopic (exact) mass is 295 g/mol. The maximum atomic E-state index is 4.95. The number of anilines is 1. The van der Waals surface area contributed by atoms with E-state index in [1.807, 2.05) is 0 Å². The van der Waals surface area contributed by atoms with Crippen molar-refractivity contribution in [3.8, 4) is 0 Å². The van der Waals surface area contributed by atoms with Crippen molar-refractivity contribution in [2.45, 2.75) is 33.1 Å². The van der Waals surface area contributed by atoms with Gasteiger partial charge >= 0.3 is 0 Å². The number of nitrogens with zero attached hydrogens (tertiary/aromatic N) is 3. The Morgan fingerprint density at radius 3 is 2.68 bits per heavy atom. The van der Waals surface area contributed by atoms with Crippen molar-refractivity contribution in [3.05, 3.63) is 35.0 Å². The average molecular weight is 295 g/mol. The third kappa shape index (κ3) is 2.28. The Morgan fingerprint density at radius 2 is 1.91 bits per heavy atom. The minimum atomic E-state index is 1.15. The van der Waals surface area contributed by atoms with E-state index in [2.05, 4.69) is 41.8 Å². The predicted octanol–water partition coefficient (Wildman–Crippen LogP) is 3.17. The molecule has 0 atom stereocenters. The van der Waals surface area contributed by atoms with Crippen LogP contribution < -0.4 is 4.90 Å². The van der Waals surface area contributed by atoms with Crippen LogP contribution in [0.4, 0.5) is 5.69 Å². The van der Waals surface area contributed by atoms with Gasteiger partial charge in [-0.05, 0) is 50.4 Å². The van der Waals surface area contributed by atoms with Gasteiger partial charge in [0.25, 0.3) is 0 Å². The van der Waals surface area contributed by atoms with E-state index in [0.717, 1.165) is 19.5 Å². The lowest BCUT2D eigenvalue weighted by Crippen LogP contribution is -2.46. The Kier molecular flexibility index (Phi) is 3.53. The summed E-state index contributed by atoms with van der Waals surface area (Å²) in [6.45, 7) is 10.3. The van der Waals surface area contributed by atoms with Crippen molar-refractivity contribution in [1.29, 1.82) is 0 Å². The highest BCUT2D eigenvalue weighted by Crippen LogP contribution is 2.37. The molecule has 2 aromatic rings. The fourth-order valence-corrected chi connectivity index (χ4v) is 4.00. The lowest BCUT2D eigenvalue weighted by Gasteiger charge is -2.37. The van der Waals surface area contributed by atoms with E-state index >= 15 is 0 Å². The van der Waals surface area contributed by atoms with Crippen LogP contribution in [0.2, 0.25) is 0 Å². The number of likely N-dealkylation sites (N-methyl/N-ethyl adjacent to an activating group) is 1. The number of hydrogen-bond acceptors (Lipinski definition) is 3. The first kappa shape index (κ1) is 14.0. The molecule has 22 heavy (non-hydrogen) atoms. The highest BCUT2D eigenvalue weighted by atomic mass is 15.3. The van der Waals surface area contributed by atoms with Gasteiger partial charge in [-0.25, -0.2) is 0 Å². The maximum Gasteiger partial charge on any atom is 0.0726 e. The molecular formula is C19H25N3. The van der Waals surface area contributed by atoms with Crippen LogP contribution in [0.25, 0.3) is 10.9 Å². The van der Waals surface area contributed by atoms with Gasteiger partial charge in [0.15, 0.2) is 0 Å². The number of pyridine rings is 1. The standard InChI is InChI=1S/C19H25N3/c1-3-21-9-11-22(12-10-21)19-15-5-4-6-17(15)20-18-8-7-14(2)13-16(18)19/h7-8,13H,3-6,9-12H2,1-2H3. The molecule has 1 aliphatic heterocycles. The van der Waals surface area contributed by atoms with Gasteiger partial charge in [0.1, 0.15) is 0 Å². The largest absolute Gasteiger partial charge is 0.368 e. The summed E-state index contributed by atoms with van der Waals surface area (Å²) in [6.07, 6.45) is 3.62. The fourth-order valence-electron chi connectivity index (χ4n) is 4.00. The van der Waals surface area contributed by atoms with E-state index in [9.17, 15) is 0 Å². The lowest BCUT2D eigenvalue weighted by atomic mass is 10.0. The van der Waals surface area contributed by atoms with Gasteiger partial charge in [-0.3, -0.25) is 4.98 Å². The van der Waals surface area contributed by atoms with Gasteiger partial charge in [-0.1, -0.05) is 18.6 Å². The SMILES string of the molecule is CCN1CCN(c2c3c(nc4ccc(C)cc24)CCC3)CC1. The van der Waals surface area contributed by atoms with E-state index in [0.29, 0.717) is 0 Å². The van der Waals surface area contributed by atoms with E-state index in [1.165, 1.54) is 65.9 Å². The van der Waals surface area contributed by atoms with Gasteiger partial charge in [0.2, 0.25) is 0 Å². The molecule has 0 unspecified atom stereocenters. The second kappa shape index (κ2) is 5.54. The molecule has 0 bridgehead atoms. The minimum absolute atomic E-state index is 1.15. The molecule has 3 heteroatoms. The van der Waals surface area contributed by atoms with Crippen LogP contribution in [0.3, 0.4) is 0 Å². The summed E-state index contributed by atoms with van der Waals surface area (Å²) in [5.74, 6) is 0. The van der Waals surface area contributed by atoms with Crippen molar-refractivity contribution >= 4 is 16.6 Å². The fraction of sp³-hybridized carbons (Fsp3) is 0.526. The Balaban J connectivity index is 1.83. The molecule has 0 amide bonds. The smallest absolute Gasteiger partial charge is 0.0726 e. The molecule has 0 N–H and O–H groups in total. The average Bonchev–Trinajstić information content (AvgIpc) is 3.01. The Hall–Kier alpha value is -1.61. The zero-order chi connectivity index (χ0) is 15.1. The first-order valence-electron chi connectivity index (χ1n) is 8.65. The molecule has 1 aromatic heterocycles. The van der Waals surface area contributed by atoms with E-state index < -0.39 is 0 Å². The molecule has 0 saturated carbocycles. The molecule has 1 saturated heterocycles. The third-order valence-corrected chi connectivity index (χ3v) is 5.27. The molecule has 3 nitrogen and oxygen atoms in total.